The molecule has 1 saturated heterocycles. The van der Waals surface area contributed by atoms with Crippen molar-refractivity contribution in [3.63, 3.8) is 0 Å². The molecule has 3 atom stereocenters. The van der Waals surface area contributed by atoms with Crippen LogP contribution in [-0.4, -0.2) is 11.8 Å². The van der Waals surface area contributed by atoms with Gasteiger partial charge in [0.15, 0.2) is 0 Å². The monoisotopic (exact) mass is 482 g/mol. The molecule has 0 radical (unpaired) electrons. The predicted molar refractivity (Wildman–Crippen MR) is 154 cm³/mol. The molecule has 3 aromatic carbocycles. The average Bonchev–Trinajstić information content (AvgIpc) is 3.30. The Hall–Kier alpha value is -2.47. The quantitative estimate of drug-likeness (QED) is 0.349. The molecule has 2 aliphatic carbocycles. The van der Waals surface area contributed by atoms with Crippen molar-refractivity contribution in [1.29, 1.82) is 0 Å². The standard InChI is InChI=1S/C31H33OP.C2H6/c1-5-15-25(16-6-1)31-29-23-13-14-24-30(29)33(32-31,26-17-7-2-8-18-26,27-19-9-3-10-20-27)28-21-11-4-12-22-28;1-2/h2-4,7-14,17-25,29-31H,1,5-6,15-16H2;1-2H3/t29-,30?,31?;/m0./s1. The van der Waals surface area contributed by atoms with Gasteiger partial charge in [0.1, 0.15) is 0 Å². The first-order chi connectivity index (χ1) is 17.3. The van der Waals surface area contributed by atoms with E-state index in [1.807, 2.05) is 13.8 Å². The first-order valence-electron chi connectivity index (χ1n) is 13.6. The van der Waals surface area contributed by atoms with Crippen molar-refractivity contribution in [2.24, 2.45) is 11.8 Å². The molecule has 3 aliphatic rings. The predicted octanol–water partition coefficient (Wildman–Crippen LogP) is 7.55. The molecule has 0 N–H and O–H groups in total. The summed E-state index contributed by atoms with van der Waals surface area (Å²) >= 11 is 0. The minimum atomic E-state index is -3.29. The van der Waals surface area contributed by atoms with E-state index in [0.29, 0.717) is 17.5 Å². The van der Waals surface area contributed by atoms with Gasteiger partial charge >= 0.3 is 198 Å². The van der Waals surface area contributed by atoms with Gasteiger partial charge in [-0.1, -0.05) is 13.8 Å². The minimum Gasteiger partial charge on any atom is -0.0683 e. The zero-order valence-corrected chi connectivity index (χ0v) is 22.1. The van der Waals surface area contributed by atoms with Crippen molar-refractivity contribution in [3.05, 3.63) is 115 Å². The molecule has 0 amide bonds. The number of hydrogen-bond acceptors (Lipinski definition) is 1. The molecule has 0 aromatic heterocycles. The van der Waals surface area contributed by atoms with Gasteiger partial charge in [0.25, 0.3) is 0 Å². The molecule has 6 rings (SSSR count). The Bertz CT molecular complexity index is 1050. The molecule has 1 aliphatic heterocycles. The summed E-state index contributed by atoms with van der Waals surface area (Å²) in [4.78, 5) is 0. The summed E-state index contributed by atoms with van der Waals surface area (Å²) in [6, 6.07) is 33.6. The summed E-state index contributed by atoms with van der Waals surface area (Å²) in [6.45, 7) is 0.713. The van der Waals surface area contributed by atoms with Crippen LogP contribution < -0.4 is 15.9 Å². The summed E-state index contributed by atoms with van der Waals surface area (Å²) in [5.74, 6) is 1.03. The Morgan fingerprint density at radius 2 is 1.06 bits per heavy atom. The van der Waals surface area contributed by atoms with Gasteiger partial charge in [-0.15, -0.1) is 0 Å². The van der Waals surface area contributed by atoms with Gasteiger partial charge < -0.3 is 0 Å². The SMILES string of the molecule is C1=CC2[C@H](C=C1)C(C1CCCCC1)OP2(c1ccccc1)(c1ccccc1)c1ccccc1.CC. The van der Waals surface area contributed by atoms with Crippen molar-refractivity contribution in [2.45, 2.75) is 57.7 Å². The zero-order valence-electron chi connectivity index (χ0n) is 21.2. The van der Waals surface area contributed by atoms with Crippen molar-refractivity contribution in [1.82, 2.24) is 0 Å². The second-order valence-electron chi connectivity index (χ2n) is 9.91. The van der Waals surface area contributed by atoms with Crippen LogP contribution in [0.15, 0.2) is 115 Å². The number of hydrogen-bond donors (Lipinski definition) is 0. The minimum absolute atomic E-state index is 0.245. The molecule has 0 bridgehead atoms. The van der Waals surface area contributed by atoms with Crippen molar-refractivity contribution >= 4 is 22.7 Å². The maximum atomic E-state index is 7.91. The van der Waals surface area contributed by atoms with Gasteiger partial charge in [-0.25, -0.2) is 0 Å². The fraction of sp³-hybridized carbons (Fsp3) is 0.333. The number of benzene rings is 3. The molecule has 3 aromatic rings. The van der Waals surface area contributed by atoms with Gasteiger partial charge in [0.05, 0.1) is 0 Å². The first kappa shape index (κ1) is 24.2. The molecular weight excluding hydrogens is 443 g/mol. The molecule has 1 saturated carbocycles. The molecule has 2 unspecified atom stereocenters. The molecule has 2 heteroatoms. The number of fused-ring (bicyclic) bond motifs is 1. The average molecular weight is 483 g/mol. The van der Waals surface area contributed by atoms with Crippen LogP contribution in [-0.2, 0) is 4.52 Å². The molecular formula is C33H39OP. The third kappa shape index (κ3) is 3.67. The second kappa shape index (κ2) is 10.3. The van der Waals surface area contributed by atoms with E-state index in [0.717, 1.165) is 0 Å². The third-order valence-corrected chi connectivity index (χ3v) is 14.7. The van der Waals surface area contributed by atoms with E-state index in [2.05, 4.69) is 115 Å². The maximum Gasteiger partial charge on any atom is -0.0683 e. The third-order valence-electron chi connectivity index (χ3n) is 8.36. The van der Waals surface area contributed by atoms with Gasteiger partial charge in [-0.3, -0.25) is 0 Å². The van der Waals surface area contributed by atoms with Crippen LogP contribution in [0.5, 0.6) is 0 Å². The van der Waals surface area contributed by atoms with Crippen molar-refractivity contribution in [3.8, 4) is 0 Å². The molecule has 182 valence electrons. The van der Waals surface area contributed by atoms with E-state index < -0.39 is 6.83 Å². The summed E-state index contributed by atoms with van der Waals surface area (Å²) in [5.41, 5.74) is 0.306. The molecule has 1 nitrogen and oxygen atoms in total. The largest absolute Gasteiger partial charge is 0.0683 e. The molecule has 0 spiro atoms. The van der Waals surface area contributed by atoms with E-state index in [4.69, 9.17) is 4.52 Å². The van der Waals surface area contributed by atoms with Crippen LogP contribution in [0.25, 0.3) is 0 Å². The summed E-state index contributed by atoms with van der Waals surface area (Å²) in [6.07, 6.45) is 16.3. The van der Waals surface area contributed by atoms with Gasteiger partial charge in [0.2, 0.25) is 0 Å². The topological polar surface area (TPSA) is 9.23 Å². The zero-order chi connectivity index (χ0) is 24.2. The van der Waals surface area contributed by atoms with Crippen LogP contribution in [0.1, 0.15) is 46.0 Å². The Kier molecular flexibility index (Phi) is 7.10. The number of rotatable bonds is 4. The summed E-state index contributed by atoms with van der Waals surface area (Å²) in [5, 5.41) is 4.07. The van der Waals surface area contributed by atoms with Gasteiger partial charge in [-0.2, -0.15) is 0 Å². The molecule has 35 heavy (non-hydrogen) atoms. The summed E-state index contributed by atoms with van der Waals surface area (Å²) < 4.78 is 7.91. The fourth-order valence-corrected chi connectivity index (χ4v) is 13.9. The Labute approximate surface area is 211 Å². The normalized spacial score (nSPS) is 27.6. The van der Waals surface area contributed by atoms with Gasteiger partial charge in [0, 0.05) is 0 Å². The number of allylic oxidation sites excluding steroid dienone is 3. The van der Waals surface area contributed by atoms with Crippen LogP contribution in [0.4, 0.5) is 0 Å². The molecule has 1 heterocycles. The fourth-order valence-electron chi connectivity index (χ4n) is 6.98. The maximum absolute atomic E-state index is 7.91. The Morgan fingerprint density at radius 1 is 0.600 bits per heavy atom. The second-order valence-corrected chi connectivity index (χ2v) is 14.5. The van der Waals surface area contributed by atoms with E-state index in [9.17, 15) is 0 Å². The van der Waals surface area contributed by atoms with Gasteiger partial charge in [-0.05, 0) is 0 Å². The van der Waals surface area contributed by atoms with Crippen LogP contribution in [0.3, 0.4) is 0 Å². The van der Waals surface area contributed by atoms with E-state index in [1.165, 1.54) is 48.0 Å². The van der Waals surface area contributed by atoms with Crippen molar-refractivity contribution < 1.29 is 4.52 Å². The smallest absolute Gasteiger partial charge is 0.0683 e. The Balaban J connectivity index is 0.00000124. The first-order valence-corrected chi connectivity index (χ1v) is 15.8. The van der Waals surface area contributed by atoms with Crippen LogP contribution in [0.2, 0.25) is 0 Å². The molecule has 2 fully saturated rings. The van der Waals surface area contributed by atoms with Crippen LogP contribution in [0, 0.1) is 11.8 Å². The van der Waals surface area contributed by atoms with E-state index >= 15 is 0 Å². The van der Waals surface area contributed by atoms with E-state index in [1.54, 1.807) is 0 Å². The van der Waals surface area contributed by atoms with E-state index in [-0.39, 0.29) is 6.10 Å². The summed E-state index contributed by atoms with van der Waals surface area (Å²) in [7, 11) is 0. The van der Waals surface area contributed by atoms with Crippen molar-refractivity contribution in [2.75, 3.05) is 0 Å². The van der Waals surface area contributed by atoms with Crippen LogP contribution >= 0.6 is 6.83 Å². The Morgan fingerprint density at radius 3 is 1.54 bits per heavy atom.